The monoisotopic (exact) mass is 320 g/mol. The number of carbonyl (C=O) groups excluding carboxylic acids is 1. The number of benzene rings is 1. The van der Waals surface area contributed by atoms with E-state index in [9.17, 15) is 13.6 Å². The highest BCUT2D eigenvalue weighted by molar-refractivity contribution is 6.04. The number of alkyl halides is 2. The number of ether oxygens (including phenoxy) is 1. The number of rotatable bonds is 4. The van der Waals surface area contributed by atoms with Gasteiger partial charge in [0.15, 0.2) is 0 Å². The first kappa shape index (κ1) is 15.6. The Bertz CT molecular complexity index is 742. The van der Waals surface area contributed by atoms with E-state index in [1.165, 1.54) is 7.11 Å². The molecule has 1 fully saturated rings. The highest BCUT2D eigenvalue weighted by atomic mass is 19.3. The molecule has 3 rings (SSSR count). The maximum absolute atomic E-state index is 12.6. The molecule has 6 heteroatoms. The fourth-order valence-corrected chi connectivity index (χ4v) is 3.18. The van der Waals surface area contributed by atoms with Crippen LogP contribution in [-0.2, 0) is 4.74 Å². The molecule has 2 aromatic rings. The summed E-state index contributed by atoms with van der Waals surface area (Å²) in [4.78, 5) is 18.2. The average molecular weight is 320 g/mol. The maximum atomic E-state index is 12.6. The van der Waals surface area contributed by atoms with Crippen molar-refractivity contribution >= 4 is 22.6 Å². The molecule has 122 valence electrons. The van der Waals surface area contributed by atoms with E-state index < -0.39 is 12.4 Å². The molecule has 1 aliphatic rings. The van der Waals surface area contributed by atoms with E-state index in [1.807, 2.05) is 30.0 Å². The Hall–Kier alpha value is -2.24. The lowest BCUT2D eigenvalue weighted by molar-refractivity contribution is 0.0601. The quantitative estimate of drug-likeness (QED) is 0.809. The SMILES string of the molecule is COC(=O)c1ccnc2ccc(N3CC(C)(CC(F)F)C3)cc12. The van der Waals surface area contributed by atoms with Crippen LogP contribution in [0, 0.1) is 5.41 Å². The summed E-state index contributed by atoms with van der Waals surface area (Å²) in [6.07, 6.45) is -0.808. The lowest BCUT2D eigenvalue weighted by atomic mass is 9.78. The Morgan fingerprint density at radius 1 is 1.39 bits per heavy atom. The van der Waals surface area contributed by atoms with Gasteiger partial charge in [-0.3, -0.25) is 4.98 Å². The molecule has 1 saturated heterocycles. The van der Waals surface area contributed by atoms with Crippen molar-refractivity contribution in [2.75, 3.05) is 25.1 Å². The van der Waals surface area contributed by atoms with Crippen molar-refractivity contribution in [3.05, 3.63) is 36.0 Å². The third kappa shape index (κ3) is 2.98. The Labute approximate surface area is 133 Å². The zero-order valence-corrected chi connectivity index (χ0v) is 13.1. The zero-order chi connectivity index (χ0) is 16.6. The lowest BCUT2D eigenvalue weighted by Gasteiger charge is -2.49. The summed E-state index contributed by atoms with van der Waals surface area (Å²) < 4.78 is 30.0. The van der Waals surface area contributed by atoms with Gasteiger partial charge in [0.25, 0.3) is 0 Å². The number of carbonyl (C=O) groups is 1. The molecular formula is C17H18F2N2O2. The third-order valence-electron chi connectivity index (χ3n) is 4.29. The smallest absolute Gasteiger partial charge is 0.338 e. The normalized spacial score (nSPS) is 16.5. The first-order chi connectivity index (χ1) is 10.9. The van der Waals surface area contributed by atoms with E-state index in [0.29, 0.717) is 29.6 Å². The molecule has 0 unspecified atom stereocenters. The molecule has 1 aromatic heterocycles. The van der Waals surface area contributed by atoms with Crippen LogP contribution in [0.15, 0.2) is 30.5 Å². The molecule has 0 aliphatic carbocycles. The highest BCUT2D eigenvalue weighted by Crippen LogP contribution is 2.39. The summed E-state index contributed by atoms with van der Waals surface area (Å²) in [6, 6.07) is 7.23. The van der Waals surface area contributed by atoms with Crippen LogP contribution in [-0.4, -0.2) is 37.6 Å². The minimum absolute atomic E-state index is 0.0912. The molecule has 1 aromatic carbocycles. The van der Waals surface area contributed by atoms with Crippen LogP contribution in [0.25, 0.3) is 10.9 Å². The van der Waals surface area contributed by atoms with Crippen LogP contribution < -0.4 is 4.90 Å². The van der Waals surface area contributed by atoms with Gasteiger partial charge in [-0.25, -0.2) is 13.6 Å². The Morgan fingerprint density at radius 2 is 2.13 bits per heavy atom. The Balaban J connectivity index is 1.88. The van der Waals surface area contributed by atoms with Gasteiger partial charge in [0, 0.05) is 42.2 Å². The third-order valence-corrected chi connectivity index (χ3v) is 4.29. The number of methoxy groups -OCH3 is 1. The summed E-state index contributed by atoms with van der Waals surface area (Å²) >= 11 is 0. The van der Waals surface area contributed by atoms with Crippen LogP contribution >= 0.6 is 0 Å². The van der Waals surface area contributed by atoms with Crippen molar-refractivity contribution in [3.8, 4) is 0 Å². The molecular weight excluding hydrogens is 302 g/mol. The summed E-state index contributed by atoms with van der Waals surface area (Å²) in [5, 5.41) is 0.708. The predicted octanol–water partition coefficient (Wildman–Crippen LogP) is 3.50. The molecule has 0 spiro atoms. The van der Waals surface area contributed by atoms with Crippen molar-refractivity contribution < 1.29 is 18.3 Å². The van der Waals surface area contributed by atoms with Gasteiger partial charge in [-0.1, -0.05) is 6.92 Å². The molecule has 1 aliphatic heterocycles. The van der Waals surface area contributed by atoms with Crippen LogP contribution in [0.3, 0.4) is 0 Å². The number of hydrogen-bond acceptors (Lipinski definition) is 4. The summed E-state index contributed by atoms with van der Waals surface area (Å²) in [5.41, 5.74) is 1.70. The molecule has 0 saturated carbocycles. The number of fused-ring (bicyclic) bond motifs is 1. The molecule has 0 atom stereocenters. The van der Waals surface area contributed by atoms with E-state index >= 15 is 0 Å². The number of hydrogen-bond donors (Lipinski definition) is 0. The largest absolute Gasteiger partial charge is 0.465 e. The van der Waals surface area contributed by atoms with Crippen molar-refractivity contribution in [3.63, 3.8) is 0 Å². The van der Waals surface area contributed by atoms with E-state index in [-0.39, 0.29) is 11.8 Å². The van der Waals surface area contributed by atoms with Gasteiger partial charge in [0.2, 0.25) is 6.43 Å². The Morgan fingerprint density at radius 3 is 2.78 bits per heavy atom. The van der Waals surface area contributed by atoms with Gasteiger partial charge >= 0.3 is 5.97 Å². The van der Waals surface area contributed by atoms with Gasteiger partial charge in [-0.15, -0.1) is 0 Å². The number of esters is 1. The molecule has 0 radical (unpaired) electrons. The summed E-state index contributed by atoms with van der Waals surface area (Å²) in [5.74, 6) is -0.416. The van der Waals surface area contributed by atoms with Crippen LogP contribution in [0.2, 0.25) is 0 Å². The van der Waals surface area contributed by atoms with Crippen LogP contribution in [0.5, 0.6) is 0 Å². The van der Waals surface area contributed by atoms with Gasteiger partial charge in [-0.05, 0) is 24.3 Å². The molecule has 2 heterocycles. The fourth-order valence-electron chi connectivity index (χ4n) is 3.18. The lowest BCUT2D eigenvalue weighted by Crippen LogP contribution is -2.55. The topological polar surface area (TPSA) is 42.4 Å². The van der Waals surface area contributed by atoms with Crippen molar-refractivity contribution in [2.24, 2.45) is 5.41 Å². The van der Waals surface area contributed by atoms with Crippen molar-refractivity contribution in [1.82, 2.24) is 4.98 Å². The zero-order valence-electron chi connectivity index (χ0n) is 13.1. The number of anilines is 1. The molecule has 23 heavy (non-hydrogen) atoms. The Kier molecular flexibility index (Phi) is 3.92. The highest BCUT2D eigenvalue weighted by Gasteiger charge is 2.40. The molecule has 0 N–H and O–H groups in total. The summed E-state index contributed by atoms with van der Waals surface area (Å²) in [7, 11) is 1.34. The number of nitrogens with zero attached hydrogens (tertiary/aromatic N) is 2. The average Bonchev–Trinajstić information content (AvgIpc) is 2.50. The predicted molar refractivity (Wildman–Crippen MR) is 84.0 cm³/mol. The maximum Gasteiger partial charge on any atom is 0.338 e. The molecule has 0 amide bonds. The number of pyridine rings is 1. The first-order valence-corrected chi connectivity index (χ1v) is 7.42. The van der Waals surface area contributed by atoms with Crippen LogP contribution in [0.4, 0.5) is 14.5 Å². The second kappa shape index (κ2) is 5.76. The van der Waals surface area contributed by atoms with Gasteiger partial charge < -0.3 is 9.64 Å². The van der Waals surface area contributed by atoms with Gasteiger partial charge in [-0.2, -0.15) is 0 Å². The minimum atomic E-state index is -2.28. The number of aromatic nitrogens is 1. The second-order valence-electron chi connectivity index (χ2n) is 6.31. The summed E-state index contributed by atoms with van der Waals surface area (Å²) in [6.45, 7) is 3.03. The van der Waals surface area contributed by atoms with Crippen LogP contribution in [0.1, 0.15) is 23.7 Å². The second-order valence-corrected chi connectivity index (χ2v) is 6.31. The number of halogens is 2. The van der Waals surface area contributed by atoms with Gasteiger partial charge in [0.05, 0.1) is 18.2 Å². The van der Waals surface area contributed by atoms with E-state index in [1.54, 1.807) is 12.3 Å². The van der Waals surface area contributed by atoms with E-state index in [0.717, 1.165) is 5.69 Å². The van der Waals surface area contributed by atoms with E-state index in [2.05, 4.69) is 4.98 Å². The standard InChI is InChI=1S/C17H18F2N2O2/c1-17(8-15(18)19)9-21(10-17)11-3-4-14-13(7-11)12(5-6-20-14)16(22)23-2/h3-7,15H,8-10H2,1-2H3. The minimum Gasteiger partial charge on any atom is -0.465 e. The molecule has 4 nitrogen and oxygen atoms in total. The van der Waals surface area contributed by atoms with Gasteiger partial charge in [0.1, 0.15) is 0 Å². The van der Waals surface area contributed by atoms with E-state index in [4.69, 9.17) is 4.74 Å². The van der Waals surface area contributed by atoms with Crippen molar-refractivity contribution in [1.29, 1.82) is 0 Å². The fraction of sp³-hybridized carbons (Fsp3) is 0.412. The first-order valence-electron chi connectivity index (χ1n) is 7.42. The molecule has 0 bridgehead atoms. The van der Waals surface area contributed by atoms with Crippen molar-refractivity contribution in [2.45, 2.75) is 19.8 Å².